The fourth-order valence-electron chi connectivity index (χ4n) is 1.32. The maximum Gasteiger partial charge on any atom is 0.360 e. The first kappa shape index (κ1) is 13.0. The molecule has 1 aromatic carbocycles. The van der Waals surface area contributed by atoms with Crippen LogP contribution in [0.2, 0.25) is 5.02 Å². The summed E-state index contributed by atoms with van der Waals surface area (Å²) in [6.45, 7) is 0.0910. The number of carbonyl (C=O) groups is 1. The Labute approximate surface area is 117 Å². The minimum atomic E-state index is -0.529. The number of nitrogens with zero attached hydrogens (tertiary/aromatic N) is 3. The van der Waals surface area contributed by atoms with Crippen LogP contribution in [-0.2, 0) is 18.4 Å². The number of hydrogen-bond donors (Lipinski definition) is 0. The maximum absolute atomic E-state index is 11.6. The number of hydrogen-bond acceptors (Lipinski definition) is 4. The first-order chi connectivity index (χ1) is 8.58. The average Bonchev–Trinajstić information content (AvgIpc) is 2.77. The van der Waals surface area contributed by atoms with E-state index in [1.165, 1.54) is 10.9 Å². The van der Waals surface area contributed by atoms with Crippen molar-refractivity contribution in [1.82, 2.24) is 15.0 Å². The van der Waals surface area contributed by atoms with Gasteiger partial charge in [-0.15, -0.1) is 5.10 Å². The van der Waals surface area contributed by atoms with Crippen LogP contribution in [0, 0.1) is 0 Å². The summed E-state index contributed by atoms with van der Waals surface area (Å²) in [6, 6.07) is 5.43. The van der Waals surface area contributed by atoms with Crippen molar-refractivity contribution in [1.29, 1.82) is 0 Å². The molecule has 0 spiro atoms. The molecule has 0 fully saturated rings. The van der Waals surface area contributed by atoms with Crippen LogP contribution in [0.1, 0.15) is 16.1 Å². The van der Waals surface area contributed by atoms with Crippen LogP contribution in [0.15, 0.2) is 28.9 Å². The molecule has 0 bridgehead atoms. The van der Waals surface area contributed by atoms with Gasteiger partial charge in [0.2, 0.25) is 0 Å². The molecule has 2 rings (SSSR count). The molecule has 0 amide bonds. The van der Waals surface area contributed by atoms with E-state index in [0.717, 1.165) is 10.0 Å². The number of aryl methyl sites for hydroxylation is 1. The van der Waals surface area contributed by atoms with E-state index in [1.807, 2.05) is 12.1 Å². The number of benzene rings is 1. The van der Waals surface area contributed by atoms with Crippen molar-refractivity contribution in [3.05, 3.63) is 45.1 Å². The molecule has 0 N–H and O–H groups in total. The Hall–Kier alpha value is -1.40. The van der Waals surface area contributed by atoms with Crippen LogP contribution < -0.4 is 0 Å². The molecule has 0 aliphatic carbocycles. The first-order valence-electron chi connectivity index (χ1n) is 5.04. The zero-order chi connectivity index (χ0) is 13.1. The molecule has 18 heavy (non-hydrogen) atoms. The van der Waals surface area contributed by atoms with Crippen molar-refractivity contribution in [3.8, 4) is 0 Å². The highest BCUT2D eigenvalue weighted by Gasteiger charge is 2.13. The number of esters is 1. The predicted molar refractivity (Wildman–Crippen MR) is 69.3 cm³/mol. The molecule has 0 aliphatic rings. The number of aromatic nitrogens is 3. The van der Waals surface area contributed by atoms with Gasteiger partial charge in [0.25, 0.3) is 0 Å². The zero-order valence-electron chi connectivity index (χ0n) is 9.43. The van der Waals surface area contributed by atoms with Crippen LogP contribution >= 0.6 is 27.5 Å². The number of ether oxygens (including phenoxy) is 1. The Balaban J connectivity index is 2.04. The first-order valence-corrected chi connectivity index (χ1v) is 6.21. The van der Waals surface area contributed by atoms with Gasteiger partial charge >= 0.3 is 5.97 Å². The van der Waals surface area contributed by atoms with Gasteiger partial charge in [0.05, 0.1) is 11.2 Å². The van der Waals surface area contributed by atoms with Crippen LogP contribution in [-0.4, -0.2) is 21.0 Å². The average molecular weight is 331 g/mol. The van der Waals surface area contributed by atoms with E-state index < -0.39 is 5.97 Å². The Morgan fingerprint density at radius 2 is 2.33 bits per heavy atom. The number of carbonyl (C=O) groups excluding carboxylic acids is 1. The molecule has 0 atom stereocenters. The van der Waals surface area contributed by atoms with E-state index in [0.29, 0.717) is 5.02 Å². The van der Waals surface area contributed by atoms with Gasteiger partial charge in [-0.3, -0.25) is 4.68 Å². The Bertz CT molecular complexity index is 585. The zero-order valence-corrected chi connectivity index (χ0v) is 11.8. The lowest BCUT2D eigenvalue weighted by Gasteiger charge is -2.06. The van der Waals surface area contributed by atoms with Crippen molar-refractivity contribution in [3.63, 3.8) is 0 Å². The molecule has 2 aromatic rings. The van der Waals surface area contributed by atoms with Gasteiger partial charge in [0.1, 0.15) is 6.61 Å². The van der Waals surface area contributed by atoms with Gasteiger partial charge in [-0.25, -0.2) is 4.79 Å². The predicted octanol–water partition coefficient (Wildman–Crippen LogP) is 2.59. The van der Waals surface area contributed by atoms with Crippen molar-refractivity contribution in [2.24, 2.45) is 7.05 Å². The van der Waals surface area contributed by atoms with Crippen LogP contribution in [0.25, 0.3) is 0 Å². The molecular weight excluding hydrogens is 321 g/mol. The summed E-state index contributed by atoms with van der Waals surface area (Å²) < 4.78 is 7.30. The smallest absolute Gasteiger partial charge is 0.360 e. The second-order valence-corrected chi connectivity index (χ2v) is 4.80. The van der Waals surface area contributed by atoms with Crippen molar-refractivity contribution >= 4 is 33.5 Å². The monoisotopic (exact) mass is 329 g/mol. The largest absolute Gasteiger partial charge is 0.456 e. The van der Waals surface area contributed by atoms with Crippen molar-refractivity contribution in [2.75, 3.05) is 0 Å². The molecule has 1 heterocycles. The molecule has 7 heteroatoms. The summed E-state index contributed by atoms with van der Waals surface area (Å²) in [5, 5.41) is 7.85. The minimum Gasteiger partial charge on any atom is -0.456 e. The summed E-state index contributed by atoms with van der Waals surface area (Å²) in [4.78, 5) is 11.6. The van der Waals surface area contributed by atoms with Crippen LogP contribution in [0.5, 0.6) is 0 Å². The number of halogens is 2. The lowest BCUT2D eigenvalue weighted by atomic mass is 10.2. The fourth-order valence-corrected chi connectivity index (χ4v) is 1.91. The molecule has 0 saturated carbocycles. The standard InChI is InChI=1S/C11H9BrClN3O2/c1-16-5-9(14-15-16)11(17)18-6-7-3-2-4-8(12)10(7)13/h2-5H,6H2,1H3. The van der Waals surface area contributed by atoms with Crippen molar-refractivity contribution < 1.29 is 9.53 Å². The third-order valence-electron chi connectivity index (χ3n) is 2.20. The van der Waals surface area contributed by atoms with E-state index in [1.54, 1.807) is 13.1 Å². The molecule has 0 unspecified atom stereocenters. The van der Waals surface area contributed by atoms with Crippen LogP contribution in [0.3, 0.4) is 0 Å². The summed E-state index contributed by atoms with van der Waals surface area (Å²) in [6.07, 6.45) is 1.49. The third kappa shape index (κ3) is 2.88. The van der Waals surface area contributed by atoms with E-state index in [4.69, 9.17) is 16.3 Å². The molecule has 94 valence electrons. The van der Waals surface area contributed by atoms with Gasteiger partial charge < -0.3 is 4.74 Å². The second-order valence-electron chi connectivity index (χ2n) is 3.57. The SMILES string of the molecule is Cn1cc(C(=O)OCc2cccc(Br)c2Cl)nn1. The molecule has 1 aromatic heterocycles. The van der Waals surface area contributed by atoms with Crippen LogP contribution in [0.4, 0.5) is 0 Å². The molecule has 0 radical (unpaired) electrons. The molecular formula is C11H9BrClN3O2. The highest BCUT2D eigenvalue weighted by molar-refractivity contribution is 9.10. The highest BCUT2D eigenvalue weighted by Crippen LogP contribution is 2.26. The van der Waals surface area contributed by atoms with E-state index in [9.17, 15) is 4.79 Å². The fraction of sp³-hybridized carbons (Fsp3) is 0.182. The summed E-state index contributed by atoms with van der Waals surface area (Å²) in [5.41, 5.74) is 0.895. The van der Waals surface area contributed by atoms with Gasteiger partial charge in [0.15, 0.2) is 5.69 Å². The molecule has 0 aliphatic heterocycles. The van der Waals surface area contributed by atoms with Gasteiger partial charge in [0, 0.05) is 17.1 Å². The lowest BCUT2D eigenvalue weighted by Crippen LogP contribution is -2.06. The maximum atomic E-state index is 11.6. The Kier molecular flexibility index (Phi) is 3.98. The van der Waals surface area contributed by atoms with E-state index in [-0.39, 0.29) is 12.3 Å². The highest BCUT2D eigenvalue weighted by atomic mass is 79.9. The number of rotatable bonds is 3. The minimum absolute atomic E-state index is 0.0910. The Morgan fingerprint density at radius 3 is 3.00 bits per heavy atom. The Morgan fingerprint density at radius 1 is 1.56 bits per heavy atom. The van der Waals surface area contributed by atoms with Crippen molar-refractivity contribution in [2.45, 2.75) is 6.61 Å². The van der Waals surface area contributed by atoms with E-state index in [2.05, 4.69) is 26.2 Å². The molecule has 5 nitrogen and oxygen atoms in total. The van der Waals surface area contributed by atoms with Gasteiger partial charge in [-0.1, -0.05) is 28.9 Å². The third-order valence-corrected chi connectivity index (χ3v) is 3.54. The quantitative estimate of drug-likeness (QED) is 0.812. The summed E-state index contributed by atoms with van der Waals surface area (Å²) in [7, 11) is 1.68. The summed E-state index contributed by atoms with van der Waals surface area (Å²) in [5.74, 6) is -0.529. The normalized spacial score (nSPS) is 10.4. The topological polar surface area (TPSA) is 57.0 Å². The van der Waals surface area contributed by atoms with E-state index >= 15 is 0 Å². The molecule has 0 saturated heterocycles. The lowest BCUT2D eigenvalue weighted by molar-refractivity contribution is 0.0465. The van der Waals surface area contributed by atoms with Gasteiger partial charge in [-0.05, 0) is 22.0 Å². The van der Waals surface area contributed by atoms with Gasteiger partial charge in [-0.2, -0.15) is 0 Å². The second kappa shape index (κ2) is 5.49. The summed E-state index contributed by atoms with van der Waals surface area (Å²) >= 11 is 9.36.